The number of allylic oxidation sites excluding steroid dienone is 4. The average Bonchev–Trinajstić information content (AvgIpc) is 3.33. The molecule has 3 N–H and O–H groups in total. The molecule has 0 bridgehead atoms. The van der Waals surface area contributed by atoms with E-state index in [1.165, 1.54) is 6.92 Å². The van der Waals surface area contributed by atoms with Gasteiger partial charge in [-0.3, -0.25) is 18.7 Å². The summed E-state index contributed by atoms with van der Waals surface area (Å²) in [5.41, 5.74) is 5.50. The molecule has 0 spiro atoms. The van der Waals surface area contributed by atoms with E-state index < -0.39 is 25.7 Å². The summed E-state index contributed by atoms with van der Waals surface area (Å²) in [6.07, 6.45) is 7.73. The van der Waals surface area contributed by atoms with Gasteiger partial charge in [0.1, 0.15) is 12.3 Å². The number of Topliss-reactive ketones (excluding diaryl/α,β-unsaturated/α-hetero) is 1. The van der Waals surface area contributed by atoms with Crippen molar-refractivity contribution in [1.82, 2.24) is 5.32 Å². The van der Waals surface area contributed by atoms with Crippen molar-refractivity contribution in [2.24, 2.45) is 0 Å². The molecular weight excluding hydrogens is 655 g/mol. The van der Waals surface area contributed by atoms with Crippen LogP contribution in [-0.4, -0.2) is 79.1 Å². The molecule has 0 fully saturated rings. The van der Waals surface area contributed by atoms with Crippen molar-refractivity contribution in [3.8, 4) is 0 Å². The van der Waals surface area contributed by atoms with Gasteiger partial charge in [-0.1, -0.05) is 38.1 Å². The van der Waals surface area contributed by atoms with Crippen molar-refractivity contribution in [1.29, 1.82) is 0 Å². The van der Waals surface area contributed by atoms with E-state index in [1.54, 1.807) is 6.07 Å². The summed E-state index contributed by atoms with van der Waals surface area (Å²) in [7, 11) is -8.12. The van der Waals surface area contributed by atoms with Gasteiger partial charge in [-0.15, -0.1) is 0 Å². The maximum atomic E-state index is 12.8. The van der Waals surface area contributed by atoms with Crippen LogP contribution in [0.25, 0.3) is 0 Å². The first-order valence-electron chi connectivity index (χ1n) is 16.1. The molecule has 2 aromatic rings. The molecule has 0 radical (unpaired) electrons. The fourth-order valence-corrected chi connectivity index (χ4v) is 7.72. The second kappa shape index (κ2) is 14.5. The van der Waals surface area contributed by atoms with Gasteiger partial charge in [-0.25, -0.2) is 0 Å². The third kappa shape index (κ3) is 8.68. The summed E-state index contributed by atoms with van der Waals surface area (Å²) < 4.78 is 66.0. The minimum absolute atomic E-state index is 0.0637. The lowest BCUT2D eigenvalue weighted by atomic mass is 9.81. The third-order valence-electron chi connectivity index (χ3n) is 9.03. The van der Waals surface area contributed by atoms with Crippen molar-refractivity contribution in [3.05, 3.63) is 83.1 Å². The molecular formula is C35H46N3O8S2+. The number of carbonyl (C=O) groups is 2. The Bertz CT molecular complexity index is 1890. The van der Waals surface area contributed by atoms with Gasteiger partial charge in [0, 0.05) is 53.0 Å². The van der Waals surface area contributed by atoms with Crippen LogP contribution in [0.15, 0.2) is 66.4 Å². The van der Waals surface area contributed by atoms with Gasteiger partial charge in [0.25, 0.3) is 26.1 Å². The van der Waals surface area contributed by atoms with Gasteiger partial charge < -0.3 is 10.2 Å². The minimum Gasteiger partial charge on any atom is -0.345 e. The van der Waals surface area contributed by atoms with Crippen LogP contribution >= 0.6 is 0 Å². The molecule has 0 saturated heterocycles. The highest BCUT2D eigenvalue weighted by molar-refractivity contribution is 7.86. The summed E-state index contributed by atoms with van der Waals surface area (Å²) in [5.74, 6) is -1.13. The number of anilines is 1. The van der Waals surface area contributed by atoms with Crippen LogP contribution in [0.3, 0.4) is 0 Å². The van der Waals surface area contributed by atoms with Gasteiger partial charge in [0.15, 0.2) is 5.71 Å². The zero-order chi connectivity index (χ0) is 35.5. The molecule has 2 aromatic carbocycles. The summed E-state index contributed by atoms with van der Waals surface area (Å²) in [4.78, 5) is 26.4. The number of nitrogens with zero attached hydrogens (tertiary/aromatic N) is 2. The fraction of sp³-hybridized carbons (Fsp3) is 0.457. The van der Waals surface area contributed by atoms with Crippen molar-refractivity contribution < 1.29 is 40.1 Å². The molecule has 0 aromatic heterocycles. The zero-order valence-electron chi connectivity index (χ0n) is 28.2. The van der Waals surface area contributed by atoms with Gasteiger partial charge >= 0.3 is 0 Å². The summed E-state index contributed by atoms with van der Waals surface area (Å²) in [5, 5.41) is 2.65. The lowest BCUT2D eigenvalue weighted by molar-refractivity contribution is -0.438. The lowest BCUT2D eigenvalue weighted by Crippen LogP contribution is -2.29. The van der Waals surface area contributed by atoms with E-state index in [0.717, 1.165) is 33.9 Å². The maximum absolute atomic E-state index is 12.8. The highest BCUT2D eigenvalue weighted by atomic mass is 32.2. The third-order valence-corrected chi connectivity index (χ3v) is 10.6. The number of amides is 1. The standard InChI is InChI=1S/C35H45N3O8S2/c1-25(39)24-36-33(40)26-17-18-30-28(23-26)35(4,5)32(38(30)20-9-11-22-48(44,45)46)16-12-15-31-34(2,3)27-13-6-7-14-29(27)37(31)19-8-10-21-47(41,42)43/h6-7,12-18,23H,8-11,19-22,24H2,1-5H3,(H2-,36,40,41,42,43,44,45,46)/p+1. The van der Waals surface area contributed by atoms with E-state index in [1.807, 2.05) is 42.5 Å². The molecule has 2 aliphatic heterocycles. The van der Waals surface area contributed by atoms with Crippen LogP contribution < -0.4 is 10.2 Å². The van der Waals surface area contributed by atoms with E-state index in [2.05, 4.69) is 54.6 Å². The Morgan fingerprint density at radius 1 is 0.875 bits per heavy atom. The first kappa shape index (κ1) is 37.2. The maximum Gasteiger partial charge on any atom is 0.264 e. The number of unbranched alkanes of at least 4 members (excludes halogenated alkanes) is 2. The van der Waals surface area contributed by atoms with E-state index in [4.69, 9.17) is 0 Å². The largest absolute Gasteiger partial charge is 0.345 e. The van der Waals surface area contributed by atoms with E-state index in [-0.39, 0.29) is 41.6 Å². The average molecular weight is 701 g/mol. The number of benzene rings is 2. The highest BCUT2D eigenvalue weighted by Gasteiger charge is 2.44. The first-order chi connectivity index (χ1) is 22.3. The van der Waals surface area contributed by atoms with Crippen molar-refractivity contribution in [2.45, 2.75) is 71.1 Å². The number of para-hydroxylation sites is 1. The molecule has 2 heterocycles. The predicted octanol–water partition coefficient (Wildman–Crippen LogP) is 4.96. The Morgan fingerprint density at radius 2 is 1.52 bits per heavy atom. The molecule has 4 rings (SSSR count). The fourth-order valence-electron chi connectivity index (χ4n) is 6.59. The summed E-state index contributed by atoms with van der Waals surface area (Å²) in [6.45, 7) is 10.8. The van der Waals surface area contributed by atoms with Gasteiger partial charge in [-0.05, 0) is 69.9 Å². The molecule has 0 unspecified atom stereocenters. The lowest BCUT2D eigenvalue weighted by Gasteiger charge is -2.27. The molecule has 0 atom stereocenters. The van der Waals surface area contributed by atoms with E-state index in [9.17, 15) is 35.5 Å². The van der Waals surface area contributed by atoms with E-state index in [0.29, 0.717) is 37.9 Å². The quantitative estimate of drug-likeness (QED) is 0.133. The van der Waals surface area contributed by atoms with Crippen LogP contribution in [0, 0.1) is 0 Å². The minimum atomic E-state index is -4.08. The Morgan fingerprint density at radius 3 is 2.17 bits per heavy atom. The van der Waals surface area contributed by atoms with Crippen LogP contribution in [0.2, 0.25) is 0 Å². The van der Waals surface area contributed by atoms with Crippen molar-refractivity contribution in [3.63, 3.8) is 0 Å². The molecule has 11 nitrogen and oxygen atoms in total. The van der Waals surface area contributed by atoms with Gasteiger partial charge in [0.2, 0.25) is 5.69 Å². The highest BCUT2D eigenvalue weighted by Crippen LogP contribution is 2.48. The number of hydrogen-bond acceptors (Lipinski definition) is 7. The Labute approximate surface area is 283 Å². The van der Waals surface area contributed by atoms with Crippen molar-refractivity contribution in [2.75, 3.05) is 36.0 Å². The predicted molar refractivity (Wildman–Crippen MR) is 188 cm³/mol. The number of rotatable bonds is 15. The second-order valence-electron chi connectivity index (χ2n) is 13.5. The summed E-state index contributed by atoms with van der Waals surface area (Å²) in [6, 6.07) is 13.5. The second-order valence-corrected chi connectivity index (χ2v) is 16.6. The molecule has 0 aliphatic carbocycles. The van der Waals surface area contributed by atoms with Crippen LogP contribution in [-0.2, 0) is 35.9 Å². The monoisotopic (exact) mass is 700 g/mol. The molecule has 260 valence electrons. The van der Waals surface area contributed by atoms with Crippen LogP contribution in [0.1, 0.15) is 81.8 Å². The normalized spacial score (nSPS) is 17.6. The van der Waals surface area contributed by atoms with Crippen LogP contribution in [0.4, 0.5) is 11.4 Å². The number of hydrogen-bond donors (Lipinski definition) is 3. The molecule has 13 heteroatoms. The van der Waals surface area contributed by atoms with E-state index >= 15 is 0 Å². The van der Waals surface area contributed by atoms with Crippen molar-refractivity contribution >= 4 is 49.0 Å². The number of nitrogens with one attached hydrogen (secondary N) is 1. The Kier molecular flexibility index (Phi) is 11.2. The number of fused-ring (bicyclic) bond motifs is 2. The first-order valence-corrected chi connectivity index (χ1v) is 19.3. The zero-order valence-corrected chi connectivity index (χ0v) is 29.8. The number of carbonyl (C=O) groups excluding carboxylic acids is 2. The summed E-state index contributed by atoms with van der Waals surface area (Å²) >= 11 is 0. The van der Waals surface area contributed by atoms with Gasteiger partial charge in [-0.2, -0.15) is 21.4 Å². The van der Waals surface area contributed by atoms with Gasteiger partial charge in [0.05, 0.1) is 23.5 Å². The molecule has 48 heavy (non-hydrogen) atoms. The van der Waals surface area contributed by atoms with Crippen LogP contribution in [0.5, 0.6) is 0 Å². The molecule has 0 saturated carbocycles. The Balaban J connectivity index is 1.71. The molecule has 2 aliphatic rings. The Hall–Kier alpha value is -3.65. The molecule has 1 amide bonds. The number of ketones is 1. The SMILES string of the molecule is CC(=O)CNC(=O)c1ccc2c(c1)C(C)(C)/C(=C\C=C\C1=[N+](CCCCS(=O)(=O)O)c3ccccc3C1(C)C)N2CCCCS(=O)(=O)O. The smallest absolute Gasteiger partial charge is 0.264 e. The topological polar surface area (TPSA) is 161 Å².